The third kappa shape index (κ3) is 7.35. The second kappa shape index (κ2) is 12.3. The minimum absolute atomic E-state index is 0.00309. The molecule has 8 nitrogen and oxygen atoms in total. The van der Waals surface area contributed by atoms with Gasteiger partial charge in [-0.2, -0.15) is 11.8 Å². The lowest BCUT2D eigenvalue weighted by Crippen LogP contribution is -2.41. The van der Waals surface area contributed by atoms with Gasteiger partial charge in [-0.3, -0.25) is 19.2 Å². The Kier molecular flexibility index (Phi) is 9.39. The number of non-ortho nitro benzene ring substituents is 1. The third-order valence-electron chi connectivity index (χ3n) is 4.79. The second-order valence-electron chi connectivity index (χ2n) is 7.25. The van der Waals surface area contributed by atoms with Crippen molar-refractivity contribution in [2.75, 3.05) is 23.1 Å². The molecule has 12 heteroatoms. The molecule has 0 heterocycles. The quantitative estimate of drug-likeness (QED) is 0.200. The van der Waals surface area contributed by atoms with Gasteiger partial charge in [0.05, 0.1) is 25.6 Å². The SMILES string of the molecule is O=C(CN(c1ccc([N+](=O)[O-])cc1)S(=O)(=O)c1ccccc1)NCCSCc1ccc(Cl)c(Cl)c1. The van der Waals surface area contributed by atoms with Gasteiger partial charge >= 0.3 is 0 Å². The largest absolute Gasteiger partial charge is 0.354 e. The van der Waals surface area contributed by atoms with Crippen LogP contribution in [0.4, 0.5) is 11.4 Å². The van der Waals surface area contributed by atoms with Crippen LogP contribution in [0, 0.1) is 10.1 Å². The summed E-state index contributed by atoms with van der Waals surface area (Å²) in [5.41, 5.74) is 0.951. The number of amides is 1. The van der Waals surface area contributed by atoms with E-state index in [9.17, 15) is 23.3 Å². The molecular formula is C23H21Cl2N3O5S2. The van der Waals surface area contributed by atoms with Crippen LogP contribution in [0.3, 0.4) is 0 Å². The summed E-state index contributed by atoms with van der Waals surface area (Å²) >= 11 is 13.5. The zero-order valence-corrected chi connectivity index (χ0v) is 21.4. The van der Waals surface area contributed by atoms with Gasteiger partial charge in [0, 0.05) is 30.2 Å². The fourth-order valence-corrected chi connectivity index (χ4v) is 5.61. The van der Waals surface area contributed by atoms with E-state index in [1.54, 1.807) is 42.1 Å². The molecule has 184 valence electrons. The highest BCUT2D eigenvalue weighted by Gasteiger charge is 2.27. The summed E-state index contributed by atoms with van der Waals surface area (Å²) < 4.78 is 27.5. The van der Waals surface area contributed by atoms with Crippen LogP contribution in [0.1, 0.15) is 5.56 Å². The van der Waals surface area contributed by atoms with E-state index in [4.69, 9.17) is 23.2 Å². The summed E-state index contributed by atoms with van der Waals surface area (Å²) in [6, 6.07) is 18.1. The lowest BCUT2D eigenvalue weighted by Gasteiger charge is -2.24. The number of anilines is 1. The van der Waals surface area contributed by atoms with Gasteiger partial charge in [-0.25, -0.2) is 8.42 Å². The maximum Gasteiger partial charge on any atom is 0.269 e. The van der Waals surface area contributed by atoms with Crippen LogP contribution in [0.2, 0.25) is 10.0 Å². The zero-order valence-electron chi connectivity index (χ0n) is 18.3. The highest BCUT2D eigenvalue weighted by Crippen LogP contribution is 2.26. The van der Waals surface area contributed by atoms with E-state index in [1.165, 1.54) is 36.4 Å². The highest BCUT2D eigenvalue weighted by molar-refractivity contribution is 7.98. The van der Waals surface area contributed by atoms with Crippen molar-refractivity contribution in [3.63, 3.8) is 0 Å². The van der Waals surface area contributed by atoms with Gasteiger partial charge in [0.1, 0.15) is 6.54 Å². The number of benzene rings is 3. The van der Waals surface area contributed by atoms with Crippen LogP contribution in [-0.2, 0) is 20.6 Å². The number of halogens is 2. The molecule has 0 radical (unpaired) electrons. The first-order valence-electron chi connectivity index (χ1n) is 10.3. The van der Waals surface area contributed by atoms with Crippen molar-refractivity contribution in [3.8, 4) is 0 Å². The van der Waals surface area contributed by atoms with E-state index < -0.39 is 27.4 Å². The summed E-state index contributed by atoms with van der Waals surface area (Å²) in [4.78, 5) is 23.0. The lowest BCUT2D eigenvalue weighted by atomic mass is 10.2. The number of carbonyl (C=O) groups is 1. The fourth-order valence-electron chi connectivity index (χ4n) is 3.04. The van der Waals surface area contributed by atoms with Crippen molar-refractivity contribution >= 4 is 62.3 Å². The van der Waals surface area contributed by atoms with E-state index in [0.717, 1.165) is 9.87 Å². The molecule has 0 aliphatic heterocycles. The van der Waals surface area contributed by atoms with Crippen molar-refractivity contribution in [3.05, 3.63) is 98.5 Å². The Hall–Kier alpha value is -2.79. The number of nitrogens with one attached hydrogen (secondary N) is 1. The van der Waals surface area contributed by atoms with Crippen molar-refractivity contribution in [2.24, 2.45) is 0 Å². The topological polar surface area (TPSA) is 110 Å². The van der Waals surface area contributed by atoms with Gasteiger partial charge < -0.3 is 5.32 Å². The van der Waals surface area contributed by atoms with E-state index >= 15 is 0 Å². The second-order valence-corrected chi connectivity index (χ2v) is 11.0. The molecule has 1 amide bonds. The number of hydrogen-bond donors (Lipinski definition) is 1. The minimum atomic E-state index is -4.09. The molecule has 0 saturated heterocycles. The summed E-state index contributed by atoms with van der Waals surface area (Å²) in [5.74, 6) is 0.761. The number of nitro benzene ring substituents is 1. The van der Waals surface area contributed by atoms with E-state index in [0.29, 0.717) is 28.1 Å². The normalized spacial score (nSPS) is 11.1. The number of nitro groups is 1. The van der Waals surface area contributed by atoms with Gasteiger partial charge in [-0.15, -0.1) is 0 Å². The van der Waals surface area contributed by atoms with Gasteiger partial charge in [0.2, 0.25) is 5.91 Å². The summed E-state index contributed by atoms with van der Waals surface area (Å²) in [6.45, 7) is -0.156. The Morgan fingerprint density at radius 1 is 1.00 bits per heavy atom. The molecule has 0 aliphatic rings. The predicted molar refractivity (Wildman–Crippen MR) is 140 cm³/mol. The number of nitrogens with zero attached hydrogens (tertiary/aromatic N) is 2. The number of thioether (sulfide) groups is 1. The zero-order chi connectivity index (χ0) is 25.4. The first kappa shape index (κ1) is 26.8. The lowest BCUT2D eigenvalue weighted by molar-refractivity contribution is -0.384. The molecule has 0 spiro atoms. The monoisotopic (exact) mass is 553 g/mol. The van der Waals surface area contributed by atoms with Crippen LogP contribution in [0.5, 0.6) is 0 Å². The Bertz CT molecular complexity index is 1290. The van der Waals surface area contributed by atoms with Crippen LogP contribution in [0.15, 0.2) is 77.7 Å². The molecule has 3 rings (SSSR count). The van der Waals surface area contributed by atoms with Crippen LogP contribution < -0.4 is 9.62 Å². The minimum Gasteiger partial charge on any atom is -0.354 e. The fraction of sp³-hybridized carbons (Fsp3) is 0.174. The molecule has 0 aliphatic carbocycles. The molecule has 0 atom stereocenters. The molecule has 1 N–H and O–H groups in total. The van der Waals surface area contributed by atoms with Gasteiger partial charge in [-0.05, 0) is 42.0 Å². The van der Waals surface area contributed by atoms with Crippen molar-refractivity contribution < 1.29 is 18.1 Å². The number of rotatable bonds is 11. The smallest absolute Gasteiger partial charge is 0.269 e. The number of hydrogen-bond acceptors (Lipinski definition) is 6. The van der Waals surface area contributed by atoms with Gasteiger partial charge in [0.15, 0.2) is 0 Å². The average Bonchev–Trinajstić information content (AvgIpc) is 2.85. The first-order chi connectivity index (χ1) is 16.7. The third-order valence-corrected chi connectivity index (χ3v) is 8.35. The summed E-state index contributed by atoms with van der Waals surface area (Å²) in [7, 11) is -4.09. The molecule has 0 aromatic heterocycles. The Morgan fingerprint density at radius 2 is 1.69 bits per heavy atom. The molecular weight excluding hydrogens is 533 g/mol. The Morgan fingerprint density at radius 3 is 2.31 bits per heavy atom. The van der Waals surface area contributed by atoms with Crippen molar-refractivity contribution in [1.82, 2.24) is 5.32 Å². The van der Waals surface area contributed by atoms with Crippen LogP contribution >= 0.6 is 35.0 Å². The molecule has 0 unspecified atom stereocenters. The highest BCUT2D eigenvalue weighted by atomic mass is 35.5. The summed E-state index contributed by atoms with van der Waals surface area (Å²) in [6.07, 6.45) is 0. The molecule has 35 heavy (non-hydrogen) atoms. The van der Waals surface area contributed by atoms with Gasteiger partial charge in [0.25, 0.3) is 15.7 Å². The predicted octanol–water partition coefficient (Wildman–Crippen LogP) is 5.15. The number of sulfonamides is 1. The molecule has 0 fully saturated rings. The van der Waals surface area contributed by atoms with E-state index in [1.807, 2.05) is 6.07 Å². The maximum atomic E-state index is 13.3. The number of carbonyl (C=O) groups excluding carboxylic acids is 1. The Balaban J connectivity index is 1.65. The van der Waals surface area contributed by atoms with E-state index in [-0.39, 0.29) is 16.3 Å². The molecule has 0 saturated carbocycles. The Labute approximate surface area is 217 Å². The first-order valence-corrected chi connectivity index (χ1v) is 13.6. The maximum absolute atomic E-state index is 13.3. The standard InChI is InChI=1S/C23H21Cl2N3O5S2/c24-21-11-6-17(14-22(21)25)16-34-13-12-26-23(29)15-27(18-7-9-19(10-8-18)28(30)31)35(32,33)20-4-2-1-3-5-20/h1-11,14H,12-13,15-16H2,(H,26,29). The van der Waals surface area contributed by atoms with Crippen molar-refractivity contribution in [1.29, 1.82) is 0 Å². The molecule has 3 aromatic carbocycles. The van der Waals surface area contributed by atoms with Crippen LogP contribution in [0.25, 0.3) is 0 Å². The van der Waals surface area contributed by atoms with Gasteiger partial charge in [-0.1, -0.05) is 47.5 Å². The van der Waals surface area contributed by atoms with Crippen LogP contribution in [-0.4, -0.2) is 38.1 Å². The molecule has 3 aromatic rings. The summed E-state index contributed by atoms with van der Waals surface area (Å²) in [5, 5.41) is 14.6. The van der Waals surface area contributed by atoms with Crippen molar-refractivity contribution in [2.45, 2.75) is 10.6 Å². The molecule has 0 bridgehead atoms. The average molecular weight is 554 g/mol. The van der Waals surface area contributed by atoms with E-state index in [2.05, 4.69) is 5.32 Å².